The molecule has 35 heavy (non-hydrogen) atoms. The standard InChI is InChI=1S/3CH2O4.2Fe.6Na.3O3Si/c3*2-1(3)5-4;;;;;;;;;3*1-4(2)3/h3*4H,(H,2,3);;;;;;;;;;;/q;;;2*+3;6*+1;3*-2/p-6. The molecule has 0 aromatic heterocycles. The number of hydrogen-bond acceptors (Lipinski definition) is 21. The molecule has 0 saturated heterocycles. The van der Waals surface area contributed by atoms with Crippen molar-refractivity contribution in [2.45, 2.75) is 0 Å². The molecule has 2 radical (unpaired) electrons. The van der Waals surface area contributed by atoms with Crippen LogP contribution in [-0.4, -0.2) is 46.0 Å². The Morgan fingerprint density at radius 1 is 0.429 bits per heavy atom. The molecule has 0 unspecified atom stereocenters. The van der Waals surface area contributed by atoms with Gasteiger partial charge in [-0.25, -0.2) is 0 Å². The van der Waals surface area contributed by atoms with Gasteiger partial charge in [0.1, 0.15) is 0 Å². The van der Waals surface area contributed by atoms with Gasteiger partial charge in [-0.05, 0) is 0 Å². The average Bonchev–Trinajstić information content (AvgIpc) is 2.46. The van der Waals surface area contributed by atoms with E-state index in [-0.39, 0.29) is 211 Å². The predicted molar refractivity (Wildman–Crippen MR) is 38.8 cm³/mol. The first-order valence-electron chi connectivity index (χ1n) is 4.17. The number of hydrogen-bond donors (Lipinski definition) is 0. The quantitative estimate of drug-likeness (QED) is 0.128. The van der Waals surface area contributed by atoms with Crippen LogP contribution in [0.15, 0.2) is 0 Å². The molecule has 21 nitrogen and oxygen atoms in total. The maximum Gasteiger partial charge on any atom is 3.00 e. The molecular weight excluding hydrogens is 706 g/mol. The third-order valence-electron chi connectivity index (χ3n) is 0.204. The van der Waals surface area contributed by atoms with Crippen molar-refractivity contribution in [2.24, 2.45) is 0 Å². The Labute approximate surface area is 353 Å². The van der Waals surface area contributed by atoms with Crippen molar-refractivity contribution in [3.05, 3.63) is 0 Å². The number of carbonyl (C=O) groups excluding carboxylic acids is 3. The van der Waals surface area contributed by atoms with Crippen LogP contribution in [0.25, 0.3) is 0 Å². The minimum Gasteiger partial charge on any atom is -0.755 e. The summed E-state index contributed by atoms with van der Waals surface area (Å²) in [5.41, 5.74) is 0. The molecular formula is C3Fe2Na6O21Si3. The molecule has 0 atom stereocenters. The fraction of sp³-hybridized carbons (Fsp3) is 0. The van der Waals surface area contributed by atoms with Crippen molar-refractivity contribution in [3.63, 3.8) is 0 Å². The fourth-order valence-electron chi connectivity index (χ4n) is 0. The monoisotopic (exact) mass is 706 g/mol. The number of carboxylic acid groups (broad SMARTS) is 3. The first-order chi connectivity index (χ1) is 12.0. The molecule has 172 valence electrons. The first-order valence-corrected chi connectivity index (χ1v) is 7.85. The van der Waals surface area contributed by atoms with Gasteiger partial charge in [0.25, 0.3) is 0 Å². The number of carbonyl (C=O) groups is 3. The molecule has 0 saturated carbocycles. The summed E-state index contributed by atoms with van der Waals surface area (Å²) in [5.74, 6) is 0. The average molecular weight is 706 g/mol. The molecule has 0 aliphatic carbocycles. The van der Waals surface area contributed by atoms with E-state index in [4.69, 9.17) is 87.6 Å². The van der Waals surface area contributed by atoms with Gasteiger partial charge in [0, 0.05) is 27.5 Å². The van der Waals surface area contributed by atoms with Gasteiger partial charge in [0.15, 0.2) is 0 Å². The Kier molecular flexibility index (Phi) is 214. The molecule has 0 rings (SSSR count). The zero-order valence-electron chi connectivity index (χ0n) is 18.3. The van der Waals surface area contributed by atoms with E-state index in [0.717, 1.165) is 0 Å². The zero-order chi connectivity index (χ0) is 23.6. The minimum atomic E-state index is -3.63. The maximum atomic E-state index is 8.72. The molecule has 0 aromatic rings. The van der Waals surface area contributed by atoms with Crippen molar-refractivity contribution in [3.8, 4) is 0 Å². The summed E-state index contributed by atoms with van der Waals surface area (Å²) in [6, 6.07) is 0. The second-order valence-corrected chi connectivity index (χ2v) is 3.25. The molecule has 32 heteroatoms. The van der Waals surface area contributed by atoms with E-state index in [1.54, 1.807) is 0 Å². The second-order valence-electron chi connectivity index (χ2n) is 1.75. The van der Waals surface area contributed by atoms with E-state index in [2.05, 4.69) is 14.7 Å². The minimum absolute atomic E-state index is 0. The van der Waals surface area contributed by atoms with Gasteiger partial charge in [0.2, 0.25) is 18.5 Å². The first kappa shape index (κ1) is 90.2. The maximum absolute atomic E-state index is 8.72. The van der Waals surface area contributed by atoms with Crippen LogP contribution in [-0.2, 0) is 62.2 Å². The molecule has 0 aromatic carbocycles. The molecule has 0 fully saturated rings. The smallest absolute Gasteiger partial charge is 0.755 e. The Hall–Kier alpha value is 3.58. The van der Waals surface area contributed by atoms with Crippen LogP contribution >= 0.6 is 0 Å². The number of rotatable bonds is 0. The summed E-state index contributed by atoms with van der Waals surface area (Å²) in [5, 5.41) is 51.6. The topological polar surface area (TPSA) is 407 Å². The van der Waals surface area contributed by atoms with Gasteiger partial charge in [-0.1, -0.05) is 0 Å². The summed E-state index contributed by atoms with van der Waals surface area (Å²) >= 11 is 0. The van der Waals surface area contributed by atoms with Crippen molar-refractivity contribution in [1.82, 2.24) is 0 Å². The van der Waals surface area contributed by atoms with Gasteiger partial charge in [-0.2, -0.15) is 0 Å². The largest absolute Gasteiger partial charge is 3.00 e. The van der Waals surface area contributed by atoms with Crippen LogP contribution < -0.4 is 237 Å². The van der Waals surface area contributed by atoms with Crippen LogP contribution in [0.1, 0.15) is 0 Å². The summed E-state index contributed by atoms with van der Waals surface area (Å²) in [6.07, 6.45) is -6.15. The van der Waals surface area contributed by atoms with E-state index in [1.807, 2.05) is 0 Å². The van der Waals surface area contributed by atoms with Crippen molar-refractivity contribution in [1.29, 1.82) is 0 Å². The molecule has 0 aliphatic rings. The van der Waals surface area contributed by atoms with Gasteiger partial charge < -0.3 is 102 Å². The van der Waals surface area contributed by atoms with E-state index < -0.39 is 46.0 Å². The van der Waals surface area contributed by atoms with Crippen molar-refractivity contribution >= 4 is 46.0 Å². The third-order valence-corrected chi connectivity index (χ3v) is 0.204. The third kappa shape index (κ3) is 518. The van der Waals surface area contributed by atoms with Crippen LogP contribution in [0.2, 0.25) is 0 Å². The summed E-state index contributed by atoms with van der Waals surface area (Å²) in [4.78, 5) is 84.2. The van der Waals surface area contributed by atoms with Crippen LogP contribution in [0, 0.1) is 0 Å². The Morgan fingerprint density at radius 3 is 0.457 bits per heavy atom. The van der Waals surface area contributed by atoms with E-state index in [9.17, 15) is 0 Å². The molecule has 0 heterocycles. The summed E-state index contributed by atoms with van der Waals surface area (Å²) < 4.78 is 25.6. The van der Waals surface area contributed by atoms with Gasteiger partial charge >= 0.3 is 211 Å². The van der Waals surface area contributed by atoms with E-state index >= 15 is 0 Å². The van der Waals surface area contributed by atoms with E-state index in [1.165, 1.54) is 0 Å². The SMILES string of the molecule is O=C([O-])O[O-].O=C([O-])O[O-].O=C([O-])O[O-].O=[Si]([O-])[O-].O=[Si]([O-])[O-].O=[Si]([O-])[O-].[Fe+3].[Fe+3].[Na+].[Na+].[Na+].[Na+].[Na+].[Na+]. The van der Waals surface area contributed by atoms with Gasteiger partial charge in [-0.15, -0.1) is 0 Å². The van der Waals surface area contributed by atoms with Crippen LogP contribution in [0.4, 0.5) is 14.4 Å². The summed E-state index contributed by atoms with van der Waals surface area (Å²) in [6.45, 7) is 0. The molecule has 0 bridgehead atoms. The molecule has 0 spiro atoms. The Morgan fingerprint density at radius 2 is 0.457 bits per heavy atom. The van der Waals surface area contributed by atoms with Crippen LogP contribution in [0.3, 0.4) is 0 Å². The Bertz CT molecular complexity index is 375. The fourth-order valence-corrected chi connectivity index (χ4v) is 0. The molecule has 0 amide bonds. The second kappa shape index (κ2) is 83.2. The predicted octanol–water partition coefficient (Wildman–Crippen LogP) is -33.7. The van der Waals surface area contributed by atoms with Crippen LogP contribution in [0.5, 0.6) is 0 Å². The van der Waals surface area contributed by atoms with E-state index in [0.29, 0.717) is 0 Å². The summed E-state index contributed by atoms with van der Waals surface area (Å²) in [7, 11) is -10.9. The normalized spacial score (nSPS) is 4.89. The zero-order valence-corrected chi connectivity index (χ0v) is 35.5. The Balaban J connectivity index is -0.0000000121. The van der Waals surface area contributed by atoms with Gasteiger partial charge in [0.05, 0.1) is 0 Å². The van der Waals surface area contributed by atoms with Gasteiger partial charge in [-0.3, -0.25) is 0 Å². The molecule has 0 N–H and O–H groups in total. The molecule has 0 aliphatic heterocycles. The van der Waals surface area contributed by atoms with Crippen molar-refractivity contribution < 1.29 is 314 Å². The van der Waals surface area contributed by atoms with Crippen molar-refractivity contribution in [2.75, 3.05) is 0 Å².